The van der Waals surface area contributed by atoms with Crippen molar-refractivity contribution in [3.63, 3.8) is 0 Å². The van der Waals surface area contributed by atoms with Crippen LogP contribution in [0.2, 0.25) is 0 Å². The molecule has 0 radical (unpaired) electrons. The second-order valence-corrected chi connectivity index (χ2v) is 26.6. The summed E-state index contributed by atoms with van der Waals surface area (Å²) in [6.45, 7) is 37.0. The van der Waals surface area contributed by atoms with E-state index in [2.05, 4.69) is 212 Å². The minimum Gasteiger partial charge on any atom is -0.520 e. The standard InChI is InChI=1S/C73H89BO2/c1-46(2)29-35-71(36-30-47(3)4)65-18-16-15-17-59(65)60-24-19-54(41-66(60)71)55-20-25-61-62-26-21-56(43-68(62)72(67(61)42-55,37-31-48(5)6)38-32-49(7)8)57-22-27-63-64-28-23-58(74-75-52(13)53(14)76-74)45-70(64)73(69(63)44-57,39-33-50(9)10)40-34-51(11)12/h15-28,41-51H,13-14,29-40H2,1-12H3. The Hall–Kier alpha value is -5.54. The Morgan fingerprint density at radius 2 is 0.592 bits per heavy atom. The third-order valence-corrected chi connectivity index (χ3v) is 18.7. The quantitative estimate of drug-likeness (QED) is 0.0669. The molecule has 0 unspecified atom stereocenters. The van der Waals surface area contributed by atoms with Crippen LogP contribution in [0.3, 0.4) is 0 Å². The molecule has 76 heavy (non-hydrogen) atoms. The Kier molecular flexibility index (Phi) is 15.1. The molecule has 1 aliphatic heterocycles. The third kappa shape index (κ3) is 9.78. The summed E-state index contributed by atoms with van der Waals surface area (Å²) in [6, 6.07) is 46.6. The zero-order valence-corrected chi connectivity index (χ0v) is 48.7. The molecule has 396 valence electrons. The van der Waals surface area contributed by atoms with Crippen molar-refractivity contribution in [2.75, 3.05) is 0 Å². The van der Waals surface area contributed by atoms with Crippen molar-refractivity contribution in [3.8, 4) is 55.6 Å². The summed E-state index contributed by atoms with van der Waals surface area (Å²) in [5.74, 6) is 4.72. The molecule has 3 aliphatic carbocycles. The molecule has 0 spiro atoms. The summed E-state index contributed by atoms with van der Waals surface area (Å²) >= 11 is 0. The molecule has 10 rings (SSSR count). The molecule has 0 saturated carbocycles. The van der Waals surface area contributed by atoms with E-state index in [9.17, 15) is 0 Å². The minimum absolute atomic E-state index is 0.0231. The van der Waals surface area contributed by atoms with E-state index in [1.807, 2.05) is 0 Å². The van der Waals surface area contributed by atoms with E-state index in [1.54, 1.807) is 11.1 Å². The van der Waals surface area contributed by atoms with Crippen molar-refractivity contribution in [2.24, 2.45) is 35.5 Å². The zero-order chi connectivity index (χ0) is 53.8. The average molecular weight is 1010 g/mol. The van der Waals surface area contributed by atoms with Crippen LogP contribution in [-0.4, -0.2) is 7.12 Å². The van der Waals surface area contributed by atoms with Gasteiger partial charge in [0.05, 0.1) is 0 Å². The van der Waals surface area contributed by atoms with Crippen LogP contribution in [0.25, 0.3) is 55.6 Å². The summed E-state index contributed by atoms with van der Waals surface area (Å²) in [6.07, 6.45) is 14.0. The predicted molar refractivity (Wildman–Crippen MR) is 326 cm³/mol. The highest BCUT2D eigenvalue weighted by molar-refractivity contribution is 6.62. The lowest BCUT2D eigenvalue weighted by Gasteiger charge is -2.35. The second kappa shape index (κ2) is 21.4. The van der Waals surface area contributed by atoms with Gasteiger partial charge < -0.3 is 9.31 Å². The van der Waals surface area contributed by atoms with Gasteiger partial charge in [0.1, 0.15) is 11.5 Å². The number of rotatable bonds is 21. The molecule has 4 aliphatic rings. The number of fused-ring (bicyclic) bond motifs is 9. The monoisotopic (exact) mass is 1010 g/mol. The highest BCUT2D eigenvalue weighted by atomic mass is 16.6. The van der Waals surface area contributed by atoms with Crippen LogP contribution in [0.1, 0.15) is 194 Å². The van der Waals surface area contributed by atoms with Crippen LogP contribution < -0.4 is 5.46 Å². The molecular formula is C73H89BO2. The van der Waals surface area contributed by atoms with Gasteiger partial charge in [-0.1, -0.05) is 187 Å². The largest absolute Gasteiger partial charge is 0.632 e. The molecule has 1 saturated heterocycles. The van der Waals surface area contributed by atoms with Gasteiger partial charge >= 0.3 is 7.12 Å². The van der Waals surface area contributed by atoms with E-state index >= 15 is 0 Å². The first-order valence-electron chi connectivity index (χ1n) is 29.9. The fourth-order valence-corrected chi connectivity index (χ4v) is 14.1. The molecule has 6 aromatic carbocycles. The van der Waals surface area contributed by atoms with Crippen LogP contribution in [0, 0.1) is 35.5 Å². The van der Waals surface area contributed by atoms with Gasteiger partial charge in [0.15, 0.2) is 0 Å². The van der Waals surface area contributed by atoms with Gasteiger partial charge in [0.2, 0.25) is 0 Å². The smallest absolute Gasteiger partial charge is 0.520 e. The van der Waals surface area contributed by atoms with E-state index < -0.39 is 7.12 Å². The Bertz CT molecular complexity index is 3090. The van der Waals surface area contributed by atoms with Crippen LogP contribution in [0.15, 0.2) is 140 Å². The van der Waals surface area contributed by atoms with E-state index in [-0.39, 0.29) is 16.2 Å². The first-order valence-corrected chi connectivity index (χ1v) is 29.9. The average Bonchev–Trinajstić information content (AvgIpc) is 4.28. The van der Waals surface area contributed by atoms with Crippen molar-refractivity contribution in [1.29, 1.82) is 0 Å². The molecule has 2 nitrogen and oxygen atoms in total. The maximum Gasteiger partial charge on any atom is 0.632 e. The van der Waals surface area contributed by atoms with Gasteiger partial charge in [0.25, 0.3) is 0 Å². The van der Waals surface area contributed by atoms with Crippen molar-refractivity contribution in [3.05, 3.63) is 173 Å². The second-order valence-electron chi connectivity index (χ2n) is 26.6. The lowest BCUT2D eigenvalue weighted by Crippen LogP contribution is -2.34. The minimum atomic E-state index is -0.527. The molecule has 0 N–H and O–H groups in total. The molecular weight excluding hydrogens is 920 g/mol. The lowest BCUT2D eigenvalue weighted by atomic mass is 9.67. The Labute approximate surface area is 460 Å². The normalized spacial score (nSPS) is 16.2. The molecule has 1 fully saturated rings. The highest BCUT2D eigenvalue weighted by Crippen LogP contribution is 2.60. The van der Waals surface area contributed by atoms with Crippen molar-refractivity contribution < 1.29 is 9.31 Å². The van der Waals surface area contributed by atoms with Gasteiger partial charge in [-0.15, -0.1) is 0 Å². The molecule has 0 aromatic heterocycles. The first-order chi connectivity index (χ1) is 36.3. The number of benzene rings is 6. The summed E-state index contributed by atoms with van der Waals surface area (Å²) in [5.41, 5.74) is 23.7. The summed E-state index contributed by atoms with van der Waals surface area (Å²) < 4.78 is 12.3. The molecule has 3 heteroatoms. The van der Waals surface area contributed by atoms with Gasteiger partial charge in [-0.05, 0) is 226 Å². The number of hydrogen-bond acceptors (Lipinski definition) is 2. The van der Waals surface area contributed by atoms with Crippen LogP contribution >= 0.6 is 0 Å². The summed E-state index contributed by atoms with van der Waals surface area (Å²) in [5, 5.41) is 0. The van der Waals surface area contributed by atoms with Crippen molar-refractivity contribution >= 4 is 12.6 Å². The predicted octanol–water partition coefficient (Wildman–Crippen LogP) is 20.2. The maximum absolute atomic E-state index is 6.15. The van der Waals surface area contributed by atoms with Crippen LogP contribution in [0.4, 0.5) is 0 Å². The fourth-order valence-electron chi connectivity index (χ4n) is 14.1. The Balaban J connectivity index is 1.10. The van der Waals surface area contributed by atoms with Gasteiger partial charge in [-0.3, -0.25) is 0 Å². The third-order valence-electron chi connectivity index (χ3n) is 18.7. The SMILES string of the molecule is C=C1OB(c2ccc3c(c2)C(CCC(C)C)(CCC(C)C)c2cc(-c4ccc5c(c4)C(CCC(C)C)(CCC(C)C)c4cc(-c6ccc7c(c6)C(CCC(C)C)(CCC(C)C)c6ccccc6-7)ccc4-5)ccc2-3)OC1=C. The first kappa shape index (κ1) is 53.8. The van der Waals surface area contributed by atoms with E-state index in [4.69, 9.17) is 9.31 Å². The van der Waals surface area contributed by atoms with Gasteiger partial charge in [-0.2, -0.15) is 0 Å². The molecule has 1 heterocycles. The van der Waals surface area contributed by atoms with Gasteiger partial charge in [-0.25, -0.2) is 0 Å². The fraction of sp³-hybridized carbons (Fsp3) is 0.452. The van der Waals surface area contributed by atoms with E-state index in [0.29, 0.717) is 47.0 Å². The van der Waals surface area contributed by atoms with Crippen LogP contribution in [-0.2, 0) is 25.6 Å². The Morgan fingerprint density at radius 1 is 0.329 bits per heavy atom. The molecule has 0 amide bonds. The zero-order valence-electron chi connectivity index (χ0n) is 48.7. The van der Waals surface area contributed by atoms with Crippen molar-refractivity contribution in [2.45, 2.75) is 176 Å². The Morgan fingerprint density at radius 3 is 0.908 bits per heavy atom. The molecule has 0 atom stereocenters. The van der Waals surface area contributed by atoms with Gasteiger partial charge in [0, 0.05) is 21.7 Å². The summed E-state index contributed by atoms with van der Waals surface area (Å²) in [7, 11) is -0.527. The lowest BCUT2D eigenvalue weighted by molar-refractivity contribution is 0.364. The van der Waals surface area contributed by atoms with Crippen molar-refractivity contribution in [1.82, 2.24) is 0 Å². The summed E-state index contributed by atoms with van der Waals surface area (Å²) in [4.78, 5) is 0. The maximum atomic E-state index is 6.15. The van der Waals surface area contributed by atoms with E-state index in [0.717, 1.165) is 44.0 Å². The van der Waals surface area contributed by atoms with E-state index in [1.165, 1.54) is 116 Å². The van der Waals surface area contributed by atoms with Crippen LogP contribution in [0.5, 0.6) is 0 Å². The highest BCUT2D eigenvalue weighted by Gasteiger charge is 2.47. The molecule has 6 aromatic rings. The number of hydrogen-bond donors (Lipinski definition) is 0. The topological polar surface area (TPSA) is 18.5 Å². The molecule has 0 bridgehead atoms.